The van der Waals surface area contributed by atoms with Gasteiger partial charge in [-0.3, -0.25) is 4.79 Å². The number of ether oxygens (including phenoxy) is 1. The molecule has 1 aromatic heterocycles. The van der Waals surface area contributed by atoms with Gasteiger partial charge in [0.05, 0.1) is 13.3 Å². The maximum absolute atomic E-state index is 10.8. The third kappa shape index (κ3) is 1.71. The van der Waals surface area contributed by atoms with Crippen LogP contribution in [0, 0.1) is 0 Å². The third-order valence-electron chi connectivity index (χ3n) is 1.38. The Labute approximate surface area is 69.5 Å². The summed E-state index contributed by atoms with van der Waals surface area (Å²) in [4.78, 5) is 10.8. The topological polar surface area (TPSA) is 69.0 Å². The van der Waals surface area contributed by atoms with E-state index in [9.17, 15) is 4.79 Å². The Morgan fingerprint density at radius 3 is 3.17 bits per heavy atom. The zero-order valence-electron chi connectivity index (χ0n) is 6.94. The molecule has 1 aromatic rings. The van der Waals surface area contributed by atoms with Gasteiger partial charge in [-0.25, -0.2) is 4.68 Å². The van der Waals surface area contributed by atoms with E-state index in [2.05, 4.69) is 20.4 Å². The zero-order valence-corrected chi connectivity index (χ0v) is 6.94. The number of hydrogen-bond donors (Lipinski definition) is 1. The summed E-state index contributed by atoms with van der Waals surface area (Å²) in [6.45, 7) is 0.0761. The average molecular weight is 170 g/mol. The van der Waals surface area contributed by atoms with E-state index in [1.54, 1.807) is 7.05 Å². The fourth-order valence-corrected chi connectivity index (χ4v) is 0.755. The first-order chi connectivity index (χ1) is 5.77. The van der Waals surface area contributed by atoms with E-state index in [1.165, 1.54) is 18.0 Å². The predicted octanol–water partition coefficient (Wildman–Crippen LogP) is -0.507. The van der Waals surface area contributed by atoms with E-state index in [0.717, 1.165) is 0 Å². The van der Waals surface area contributed by atoms with Gasteiger partial charge in [-0.15, -0.1) is 5.10 Å². The molecule has 1 heterocycles. The summed E-state index contributed by atoms with van der Waals surface area (Å²) < 4.78 is 5.89. The van der Waals surface area contributed by atoms with Gasteiger partial charge in [0.15, 0.2) is 0 Å². The predicted molar refractivity (Wildman–Crippen MR) is 41.6 cm³/mol. The molecule has 0 saturated heterocycles. The van der Waals surface area contributed by atoms with Crippen molar-refractivity contribution in [2.45, 2.75) is 6.54 Å². The lowest BCUT2D eigenvalue weighted by molar-refractivity contribution is -0.141. The van der Waals surface area contributed by atoms with Crippen molar-refractivity contribution >= 4 is 11.8 Å². The van der Waals surface area contributed by atoms with E-state index in [4.69, 9.17) is 0 Å². The molecule has 0 fully saturated rings. The molecule has 6 heteroatoms. The Bertz CT molecular complexity index is 270. The van der Waals surface area contributed by atoms with Crippen molar-refractivity contribution < 1.29 is 9.53 Å². The number of carbonyl (C=O) groups excluding carboxylic acids is 1. The molecular weight excluding hydrogens is 160 g/mol. The number of rotatable bonds is 3. The normalized spacial score (nSPS) is 9.50. The highest BCUT2D eigenvalue weighted by molar-refractivity contribution is 5.69. The zero-order chi connectivity index (χ0) is 8.97. The molecule has 0 radical (unpaired) electrons. The number of hydrogen-bond acceptors (Lipinski definition) is 5. The second-order valence-electron chi connectivity index (χ2n) is 2.10. The first-order valence-electron chi connectivity index (χ1n) is 3.41. The molecule has 0 aliphatic carbocycles. The Kier molecular flexibility index (Phi) is 2.62. The molecule has 0 aliphatic heterocycles. The average Bonchev–Trinajstić information content (AvgIpc) is 2.51. The maximum Gasteiger partial charge on any atom is 0.327 e. The molecule has 6 nitrogen and oxygen atoms in total. The van der Waals surface area contributed by atoms with Crippen molar-refractivity contribution in [3.63, 3.8) is 0 Å². The molecule has 12 heavy (non-hydrogen) atoms. The number of nitrogens with zero attached hydrogens (tertiary/aromatic N) is 3. The third-order valence-corrected chi connectivity index (χ3v) is 1.38. The molecule has 0 bridgehead atoms. The van der Waals surface area contributed by atoms with Crippen molar-refractivity contribution in [1.82, 2.24) is 15.0 Å². The van der Waals surface area contributed by atoms with Crippen LogP contribution in [0.4, 0.5) is 5.82 Å². The highest BCUT2D eigenvalue weighted by Gasteiger charge is 2.06. The van der Waals surface area contributed by atoms with Crippen molar-refractivity contribution in [1.29, 1.82) is 0 Å². The minimum atomic E-state index is -0.350. The summed E-state index contributed by atoms with van der Waals surface area (Å²) in [5.74, 6) is 0.331. The first kappa shape index (κ1) is 8.51. The van der Waals surface area contributed by atoms with Gasteiger partial charge in [-0.05, 0) is 0 Å². The second-order valence-corrected chi connectivity index (χ2v) is 2.10. The lowest BCUT2D eigenvalue weighted by Crippen LogP contribution is -2.14. The minimum absolute atomic E-state index is 0.0761. The van der Waals surface area contributed by atoms with Gasteiger partial charge in [-0.1, -0.05) is 5.21 Å². The minimum Gasteiger partial charge on any atom is -0.468 e. The lowest BCUT2D eigenvalue weighted by Gasteiger charge is -2.02. The summed E-state index contributed by atoms with van der Waals surface area (Å²) in [5, 5.41) is 10.1. The van der Waals surface area contributed by atoms with E-state index >= 15 is 0 Å². The smallest absolute Gasteiger partial charge is 0.327 e. The first-order valence-corrected chi connectivity index (χ1v) is 3.41. The van der Waals surface area contributed by atoms with Crippen LogP contribution in [-0.4, -0.2) is 35.1 Å². The van der Waals surface area contributed by atoms with Crippen molar-refractivity contribution in [2.75, 3.05) is 19.5 Å². The SMILES string of the molecule is CNc1cnnn1CC(=O)OC. The molecule has 0 aliphatic rings. The van der Waals surface area contributed by atoms with Crippen LogP contribution in [0.15, 0.2) is 6.20 Å². The number of nitrogens with one attached hydrogen (secondary N) is 1. The van der Waals surface area contributed by atoms with E-state index in [-0.39, 0.29) is 12.5 Å². The Morgan fingerprint density at radius 2 is 2.58 bits per heavy atom. The lowest BCUT2D eigenvalue weighted by atomic mass is 10.6. The van der Waals surface area contributed by atoms with Crippen molar-refractivity contribution in [2.24, 2.45) is 0 Å². The summed E-state index contributed by atoms with van der Waals surface area (Å²) in [6.07, 6.45) is 1.53. The number of esters is 1. The monoisotopic (exact) mass is 170 g/mol. The van der Waals surface area contributed by atoms with Crippen molar-refractivity contribution in [3.05, 3.63) is 6.20 Å². The van der Waals surface area contributed by atoms with E-state index in [1.807, 2.05) is 0 Å². The number of aromatic nitrogens is 3. The number of carbonyl (C=O) groups is 1. The molecule has 66 valence electrons. The molecule has 1 N–H and O–H groups in total. The largest absolute Gasteiger partial charge is 0.468 e. The van der Waals surface area contributed by atoms with Crippen LogP contribution in [0.1, 0.15) is 0 Å². The van der Waals surface area contributed by atoms with Crippen LogP contribution < -0.4 is 5.32 Å². The Hall–Kier alpha value is -1.59. The quantitative estimate of drug-likeness (QED) is 0.619. The highest BCUT2D eigenvalue weighted by atomic mass is 16.5. The molecule has 0 spiro atoms. The van der Waals surface area contributed by atoms with Crippen LogP contribution in [0.2, 0.25) is 0 Å². The Morgan fingerprint density at radius 1 is 1.83 bits per heavy atom. The van der Waals surface area contributed by atoms with Gasteiger partial charge in [0.1, 0.15) is 12.4 Å². The fourth-order valence-electron chi connectivity index (χ4n) is 0.755. The van der Waals surface area contributed by atoms with Crippen LogP contribution in [0.25, 0.3) is 0 Å². The van der Waals surface area contributed by atoms with Crippen molar-refractivity contribution in [3.8, 4) is 0 Å². The van der Waals surface area contributed by atoms with Gasteiger partial charge < -0.3 is 10.1 Å². The molecule has 0 unspecified atom stereocenters. The maximum atomic E-state index is 10.8. The van der Waals surface area contributed by atoms with Gasteiger partial charge in [0.2, 0.25) is 0 Å². The van der Waals surface area contributed by atoms with E-state index < -0.39 is 0 Å². The van der Waals surface area contributed by atoms with Gasteiger partial charge in [-0.2, -0.15) is 0 Å². The van der Waals surface area contributed by atoms with Gasteiger partial charge in [0.25, 0.3) is 0 Å². The second kappa shape index (κ2) is 3.70. The van der Waals surface area contributed by atoms with Gasteiger partial charge >= 0.3 is 5.97 Å². The van der Waals surface area contributed by atoms with Crippen LogP contribution >= 0.6 is 0 Å². The van der Waals surface area contributed by atoms with Gasteiger partial charge in [0, 0.05) is 7.05 Å². The molecule has 0 amide bonds. The van der Waals surface area contributed by atoms with E-state index in [0.29, 0.717) is 5.82 Å². The Balaban J connectivity index is 2.68. The van der Waals surface area contributed by atoms with Crippen LogP contribution in [0.5, 0.6) is 0 Å². The van der Waals surface area contributed by atoms with Crippen LogP contribution in [-0.2, 0) is 16.1 Å². The standard InChI is InChI=1S/C6H10N4O2/c1-7-5-3-8-9-10(5)4-6(11)12-2/h3,7H,4H2,1-2H3. The number of anilines is 1. The summed E-state index contributed by atoms with van der Waals surface area (Å²) in [5.41, 5.74) is 0. The number of methoxy groups -OCH3 is 1. The summed E-state index contributed by atoms with van der Waals surface area (Å²) in [6, 6.07) is 0. The summed E-state index contributed by atoms with van der Waals surface area (Å²) >= 11 is 0. The molecule has 0 aromatic carbocycles. The molecular formula is C6H10N4O2. The summed E-state index contributed by atoms with van der Waals surface area (Å²) in [7, 11) is 3.06. The molecule has 0 saturated carbocycles. The van der Waals surface area contributed by atoms with Crippen LogP contribution in [0.3, 0.4) is 0 Å². The molecule has 0 atom stereocenters. The highest BCUT2D eigenvalue weighted by Crippen LogP contribution is 2.01. The fraction of sp³-hybridized carbons (Fsp3) is 0.500. The molecule has 1 rings (SSSR count).